The topological polar surface area (TPSA) is 103 Å². The third kappa shape index (κ3) is 3.94. The van der Waals surface area contributed by atoms with Gasteiger partial charge >= 0.3 is 0 Å². The molecule has 0 bridgehead atoms. The summed E-state index contributed by atoms with van der Waals surface area (Å²) in [6, 6.07) is 4.88. The summed E-state index contributed by atoms with van der Waals surface area (Å²) in [6.07, 6.45) is 3.49. The number of rotatable bonds is 5. The lowest BCUT2D eigenvalue weighted by atomic mass is 10.2. The highest BCUT2D eigenvalue weighted by Crippen LogP contribution is 2.24. The first-order valence-corrected chi connectivity index (χ1v) is 8.45. The van der Waals surface area contributed by atoms with Crippen molar-refractivity contribution in [2.24, 2.45) is 0 Å². The number of hydrogen-bond acceptors (Lipinski definition) is 7. The van der Waals surface area contributed by atoms with Gasteiger partial charge in [-0.15, -0.1) is 0 Å². The Labute approximate surface area is 147 Å². The number of aromatic nitrogens is 5. The van der Waals surface area contributed by atoms with Crippen molar-refractivity contribution in [2.75, 3.05) is 6.54 Å². The summed E-state index contributed by atoms with van der Waals surface area (Å²) < 4.78 is 5.41. The summed E-state index contributed by atoms with van der Waals surface area (Å²) in [7, 11) is 0. The van der Waals surface area contributed by atoms with E-state index in [9.17, 15) is 9.59 Å². The molecule has 0 unspecified atom stereocenters. The highest BCUT2D eigenvalue weighted by molar-refractivity contribution is 7.09. The van der Waals surface area contributed by atoms with Gasteiger partial charge in [-0.05, 0) is 43.1 Å². The number of nitrogens with one attached hydrogen (secondary N) is 1. The number of amides is 1. The molecule has 0 radical (unpaired) electrons. The summed E-state index contributed by atoms with van der Waals surface area (Å²) >= 11 is 1.23. The number of hydrogen-bond donors (Lipinski definition) is 1. The number of likely N-dealkylation sites (N-methyl/N-ethyl adjacent to an activating group) is 1. The van der Waals surface area contributed by atoms with Gasteiger partial charge in [0.2, 0.25) is 5.91 Å². The highest BCUT2D eigenvalue weighted by atomic mass is 32.1. The fraction of sp³-hybridized carbons (Fsp3) is 0.250. The largest absolute Gasteiger partial charge is 0.355 e. The molecule has 9 heteroatoms. The molecule has 0 atom stereocenters. The van der Waals surface area contributed by atoms with E-state index in [2.05, 4.69) is 24.8 Å². The number of carbonyl (C=O) groups is 1. The lowest BCUT2D eigenvalue weighted by Gasteiger charge is -2.05. The van der Waals surface area contributed by atoms with Gasteiger partial charge in [-0.2, -0.15) is 9.47 Å². The lowest BCUT2D eigenvalue weighted by molar-refractivity contribution is -0.121. The van der Waals surface area contributed by atoms with Crippen LogP contribution in [0.1, 0.15) is 12.5 Å². The Balaban J connectivity index is 1.90. The Morgan fingerprint density at radius 3 is 2.92 bits per heavy atom. The van der Waals surface area contributed by atoms with Crippen molar-refractivity contribution in [3.63, 3.8) is 0 Å². The Bertz CT molecular complexity index is 965. The van der Waals surface area contributed by atoms with Crippen molar-refractivity contribution in [1.29, 1.82) is 0 Å². The van der Waals surface area contributed by atoms with Crippen LogP contribution in [0.25, 0.3) is 22.1 Å². The molecular weight excluding hydrogens is 340 g/mol. The van der Waals surface area contributed by atoms with Crippen LogP contribution in [0.3, 0.4) is 0 Å². The Morgan fingerprint density at radius 1 is 1.32 bits per heavy atom. The maximum absolute atomic E-state index is 11.9. The third-order valence-corrected chi connectivity index (χ3v) is 4.08. The molecule has 0 aliphatic rings. The first-order valence-electron chi connectivity index (χ1n) is 7.68. The monoisotopic (exact) mass is 356 g/mol. The van der Waals surface area contributed by atoms with E-state index in [1.165, 1.54) is 17.6 Å². The van der Waals surface area contributed by atoms with Crippen LogP contribution in [0.2, 0.25) is 0 Å². The van der Waals surface area contributed by atoms with E-state index in [0.29, 0.717) is 18.1 Å². The molecule has 128 valence electrons. The summed E-state index contributed by atoms with van der Waals surface area (Å²) in [5, 5.41) is 7.55. The minimum atomic E-state index is -0.353. The predicted octanol–water partition coefficient (Wildman–Crippen LogP) is 1.27. The van der Waals surface area contributed by atoms with Gasteiger partial charge in [0.15, 0.2) is 5.82 Å². The van der Waals surface area contributed by atoms with E-state index in [0.717, 1.165) is 20.8 Å². The third-order valence-electron chi connectivity index (χ3n) is 3.31. The van der Waals surface area contributed by atoms with Crippen LogP contribution in [-0.4, -0.2) is 36.6 Å². The molecule has 3 aromatic heterocycles. The van der Waals surface area contributed by atoms with Crippen molar-refractivity contribution in [3.05, 3.63) is 46.5 Å². The summed E-state index contributed by atoms with van der Waals surface area (Å²) in [4.78, 5) is 32.2. The fourth-order valence-corrected chi connectivity index (χ4v) is 2.84. The Hall–Kier alpha value is -2.94. The van der Waals surface area contributed by atoms with E-state index >= 15 is 0 Å². The molecule has 3 heterocycles. The van der Waals surface area contributed by atoms with Gasteiger partial charge in [0.05, 0.1) is 0 Å². The average Bonchev–Trinajstić information content (AvgIpc) is 3.07. The molecule has 1 N–H and O–H groups in total. The standard InChI is InChI=1S/C16H16N6O2S/c1-3-18-13(23)9-22-14(24)5-4-12(20-22)15-19-16(25-21-15)11-6-10(2)7-17-8-11/h4-8H,3,9H2,1-2H3,(H,18,23). The summed E-state index contributed by atoms with van der Waals surface area (Å²) in [5.74, 6) is 0.137. The fourth-order valence-electron chi connectivity index (χ4n) is 2.19. The number of nitrogens with zero attached hydrogens (tertiary/aromatic N) is 5. The molecule has 0 aliphatic heterocycles. The van der Waals surface area contributed by atoms with Crippen LogP contribution in [0.5, 0.6) is 0 Å². The second-order valence-electron chi connectivity index (χ2n) is 5.34. The van der Waals surface area contributed by atoms with E-state index in [1.54, 1.807) is 18.5 Å². The smallest absolute Gasteiger partial charge is 0.267 e. The number of pyridine rings is 1. The van der Waals surface area contributed by atoms with Crippen molar-refractivity contribution in [1.82, 2.24) is 29.4 Å². The molecule has 3 aromatic rings. The first kappa shape index (κ1) is 16.9. The molecule has 0 spiro atoms. The van der Waals surface area contributed by atoms with Gasteiger partial charge in [0, 0.05) is 30.6 Å². The molecule has 0 saturated carbocycles. The summed E-state index contributed by atoms with van der Waals surface area (Å²) in [5.41, 5.74) is 1.99. The second-order valence-corrected chi connectivity index (χ2v) is 6.09. The maximum atomic E-state index is 11.9. The van der Waals surface area contributed by atoms with Crippen molar-refractivity contribution in [2.45, 2.75) is 20.4 Å². The first-order chi connectivity index (χ1) is 12.1. The zero-order valence-electron chi connectivity index (χ0n) is 13.8. The van der Waals surface area contributed by atoms with E-state index in [-0.39, 0.29) is 18.0 Å². The SMILES string of the molecule is CCNC(=O)Cn1nc(-c2nsc(-c3cncc(C)c3)n2)ccc1=O. The summed E-state index contributed by atoms with van der Waals surface area (Å²) in [6.45, 7) is 4.12. The number of aryl methyl sites for hydroxylation is 1. The van der Waals surface area contributed by atoms with Crippen LogP contribution in [0.15, 0.2) is 35.4 Å². The van der Waals surface area contributed by atoms with Gasteiger partial charge in [-0.25, -0.2) is 9.67 Å². The zero-order chi connectivity index (χ0) is 17.8. The normalized spacial score (nSPS) is 10.6. The second kappa shape index (κ2) is 7.31. The Morgan fingerprint density at radius 2 is 2.16 bits per heavy atom. The molecule has 1 amide bonds. The molecule has 25 heavy (non-hydrogen) atoms. The quantitative estimate of drug-likeness (QED) is 0.738. The minimum Gasteiger partial charge on any atom is -0.355 e. The molecule has 0 fully saturated rings. The molecule has 0 aromatic carbocycles. The molecule has 0 saturated heterocycles. The van der Waals surface area contributed by atoms with Crippen LogP contribution in [0.4, 0.5) is 0 Å². The van der Waals surface area contributed by atoms with Gasteiger partial charge in [-0.1, -0.05) is 0 Å². The van der Waals surface area contributed by atoms with Crippen LogP contribution >= 0.6 is 11.5 Å². The molecule has 8 nitrogen and oxygen atoms in total. The van der Waals surface area contributed by atoms with Crippen molar-refractivity contribution in [3.8, 4) is 22.1 Å². The predicted molar refractivity (Wildman–Crippen MR) is 94.1 cm³/mol. The lowest BCUT2D eigenvalue weighted by Crippen LogP contribution is -2.33. The number of carbonyl (C=O) groups excluding carboxylic acids is 1. The van der Waals surface area contributed by atoms with Crippen molar-refractivity contribution < 1.29 is 4.79 Å². The van der Waals surface area contributed by atoms with E-state index in [1.807, 2.05) is 19.9 Å². The zero-order valence-corrected chi connectivity index (χ0v) is 14.6. The molecule has 0 aliphatic carbocycles. The van der Waals surface area contributed by atoms with E-state index in [4.69, 9.17) is 0 Å². The van der Waals surface area contributed by atoms with Gasteiger partial charge in [0.25, 0.3) is 5.56 Å². The average molecular weight is 356 g/mol. The molecule has 3 rings (SSSR count). The molecular formula is C16H16N6O2S. The van der Waals surface area contributed by atoms with Crippen molar-refractivity contribution >= 4 is 17.4 Å². The minimum absolute atomic E-state index is 0.140. The Kier molecular flexibility index (Phi) is 4.94. The van der Waals surface area contributed by atoms with Crippen LogP contribution in [-0.2, 0) is 11.3 Å². The van der Waals surface area contributed by atoms with E-state index < -0.39 is 0 Å². The van der Waals surface area contributed by atoms with Gasteiger partial charge in [0.1, 0.15) is 17.2 Å². The van der Waals surface area contributed by atoms with Crippen LogP contribution < -0.4 is 10.9 Å². The van der Waals surface area contributed by atoms with Crippen LogP contribution in [0, 0.1) is 6.92 Å². The highest BCUT2D eigenvalue weighted by Gasteiger charge is 2.13. The van der Waals surface area contributed by atoms with Gasteiger partial charge < -0.3 is 5.32 Å². The van der Waals surface area contributed by atoms with Gasteiger partial charge in [-0.3, -0.25) is 14.6 Å². The maximum Gasteiger partial charge on any atom is 0.267 e.